The minimum Gasteiger partial charge on any atom is -0.396 e. The van der Waals surface area contributed by atoms with Gasteiger partial charge in [0.1, 0.15) is 0 Å². The first kappa shape index (κ1) is 14.7. The second kappa shape index (κ2) is 8.72. The van der Waals surface area contributed by atoms with Gasteiger partial charge in [-0.1, -0.05) is 0 Å². The molecule has 0 fully saturated rings. The highest BCUT2D eigenvalue weighted by atomic mass is 16.5. The number of hydrogen-bond acceptors (Lipinski definition) is 5. The molecule has 2 N–H and O–H groups in total. The summed E-state index contributed by atoms with van der Waals surface area (Å²) >= 11 is 0. The molecule has 0 aliphatic rings. The van der Waals surface area contributed by atoms with Crippen LogP contribution in [0.25, 0.3) is 0 Å². The zero-order chi connectivity index (χ0) is 13.2. The molecule has 0 amide bonds. The lowest BCUT2D eigenvalue weighted by Crippen LogP contribution is -2.31. The van der Waals surface area contributed by atoms with Gasteiger partial charge in [0.2, 0.25) is 0 Å². The van der Waals surface area contributed by atoms with E-state index in [1.807, 2.05) is 19.9 Å². The summed E-state index contributed by atoms with van der Waals surface area (Å²) in [6.07, 6.45) is 3.42. The first-order valence-corrected chi connectivity index (χ1v) is 6.39. The van der Waals surface area contributed by atoms with Crippen LogP contribution in [-0.4, -0.2) is 44.5 Å². The molecule has 0 radical (unpaired) electrons. The van der Waals surface area contributed by atoms with Crippen molar-refractivity contribution >= 4 is 11.4 Å². The summed E-state index contributed by atoms with van der Waals surface area (Å²) in [7, 11) is 0. The summed E-state index contributed by atoms with van der Waals surface area (Å²) < 4.78 is 10.8. The normalized spacial score (nSPS) is 10.6. The van der Waals surface area contributed by atoms with Gasteiger partial charge in [0.25, 0.3) is 0 Å². The Morgan fingerprint density at radius 3 is 2.28 bits per heavy atom. The van der Waals surface area contributed by atoms with E-state index in [2.05, 4.69) is 9.88 Å². The molecular formula is C13H23N3O2. The first-order chi connectivity index (χ1) is 8.79. The zero-order valence-electron chi connectivity index (χ0n) is 11.3. The van der Waals surface area contributed by atoms with Crippen LogP contribution >= 0.6 is 0 Å². The standard InChI is InChI=1S/C13H23N3O2/c1-3-17-9-7-16(8-10-18-4-2)13-5-6-15-11-12(13)14/h5-6,11H,3-4,7-10,14H2,1-2H3. The molecule has 0 saturated heterocycles. The van der Waals surface area contributed by atoms with Crippen molar-refractivity contribution in [2.45, 2.75) is 13.8 Å². The molecule has 1 rings (SSSR count). The minimum absolute atomic E-state index is 0.685. The van der Waals surface area contributed by atoms with Crippen LogP contribution in [0.1, 0.15) is 13.8 Å². The Hall–Kier alpha value is -1.33. The fourth-order valence-electron chi connectivity index (χ4n) is 1.68. The van der Waals surface area contributed by atoms with Gasteiger partial charge in [0, 0.05) is 32.5 Å². The number of ether oxygens (including phenoxy) is 2. The monoisotopic (exact) mass is 253 g/mol. The van der Waals surface area contributed by atoms with Gasteiger partial charge in [0.05, 0.1) is 30.8 Å². The second-order valence-electron chi connectivity index (χ2n) is 3.82. The lowest BCUT2D eigenvalue weighted by atomic mass is 10.3. The molecule has 0 atom stereocenters. The molecule has 1 heterocycles. The van der Waals surface area contributed by atoms with Crippen molar-refractivity contribution < 1.29 is 9.47 Å². The van der Waals surface area contributed by atoms with Crippen molar-refractivity contribution in [3.8, 4) is 0 Å². The number of aromatic nitrogens is 1. The molecule has 0 aliphatic carbocycles. The van der Waals surface area contributed by atoms with Crippen LogP contribution in [0.5, 0.6) is 0 Å². The highest BCUT2D eigenvalue weighted by Gasteiger charge is 2.09. The van der Waals surface area contributed by atoms with Crippen molar-refractivity contribution in [3.05, 3.63) is 18.5 Å². The lowest BCUT2D eigenvalue weighted by molar-refractivity contribution is 0.141. The predicted octanol–water partition coefficient (Wildman–Crippen LogP) is 1.54. The van der Waals surface area contributed by atoms with Gasteiger partial charge in [-0.2, -0.15) is 0 Å². The Morgan fingerprint density at radius 1 is 1.17 bits per heavy atom. The van der Waals surface area contributed by atoms with Crippen molar-refractivity contribution in [2.24, 2.45) is 0 Å². The second-order valence-corrected chi connectivity index (χ2v) is 3.82. The van der Waals surface area contributed by atoms with Gasteiger partial charge >= 0.3 is 0 Å². The quantitative estimate of drug-likeness (QED) is 0.676. The molecular weight excluding hydrogens is 230 g/mol. The fraction of sp³-hybridized carbons (Fsp3) is 0.615. The third-order valence-electron chi connectivity index (χ3n) is 2.59. The summed E-state index contributed by atoms with van der Waals surface area (Å²) in [6, 6.07) is 1.92. The maximum absolute atomic E-state index is 5.94. The van der Waals surface area contributed by atoms with E-state index in [0.717, 1.165) is 32.0 Å². The van der Waals surface area contributed by atoms with Crippen molar-refractivity contribution in [1.29, 1.82) is 0 Å². The summed E-state index contributed by atoms with van der Waals surface area (Å²) in [5.74, 6) is 0. The third kappa shape index (κ3) is 4.89. The topological polar surface area (TPSA) is 60.6 Å². The summed E-state index contributed by atoms with van der Waals surface area (Å²) in [4.78, 5) is 6.18. The molecule has 0 spiro atoms. The Balaban J connectivity index is 2.60. The fourth-order valence-corrected chi connectivity index (χ4v) is 1.68. The Labute approximate surface area is 109 Å². The molecule has 0 saturated carbocycles. The van der Waals surface area contributed by atoms with E-state index in [-0.39, 0.29) is 0 Å². The van der Waals surface area contributed by atoms with Crippen LogP contribution < -0.4 is 10.6 Å². The molecule has 1 aromatic heterocycles. The Kier molecular flexibility index (Phi) is 7.13. The molecule has 102 valence electrons. The SMILES string of the molecule is CCOCCN(CCOCC)c1ccncc1N. The molecule has 5 heteroatoms. The Morgan fingerprint density at radius 2 is 1.78 bits per heavy atom. The molecule has 5 nitrogen and oxygen atoms in total. The van der Waals surface area contributed by atoms with Gasteiger partial charge in [-0.05, 0) is 19.9 Å². The van der Waals surface area contributed by atoms with Crippen LogP contribution in [0.15, 0.2) is 18.5 Å². The summed E-state index contributed by atoms with van der Waals surface area (Å²) in [6.45, 7) is 8.41. The smallest absolute Gasteiger partial charge is 0.0738 e. The number of rotatable bonds is 9. The van der Waals surface area contributed by atoms with Crippen molar-refractivity contribution in [3.63, 3.8) is 0 Å². The highest BCUT2D eigenvalue weighted by Crippen LogP contribution is 2.20. The van der Waals surface area contributed by atoms with Crippen LogP contribution in [0.3, 0.4) is 0 Å². The largest absolute Gasteiger partial charge is 0.396 e. The molecule has 0 aliphatic heterocycles. The average molecular weight is 253 g/mol. The average Bonchev–Trinajstić information content (AvgIpc) is 2.38. The zero-order valence-corrected chi connectivity index (χ0v) is 11.3. The number of nitrogens with zero attached hydrogens (tertiary/aromatic N) is 2. The van der Waals surface area contributed by atoms with E-state index < -0.39 is 0 Å². The van der Waals surface area contributed by atoms with Crippen LogP contribution in [0, 0.1) is 0 Å². The number of hydrogen-bond donors (Lipinski definition) is 1. The third-order valence-corrected chi connectivity index (χ3v) is 2.59. The summed E-state index contributed by atoms with van der Waals surface area (Å²) in [5, 5.41) is 0. The maximum Gasteiger partial charge on any atom is 0.0738 e. The van der Waals surface area contributed by atoms with Gasteiger partial charge in [-0.25, -0.2) is 0 Å². The van der Waals surface area contributed by atoms with Crippen molar-refractivity contribution in [1.82, 2.24) is 4.98 Å². The van der Waals surface area contributed by atoms with Gasteiger partial charge in [-0.3, -0.25) is 4.98 Å². The number of anilines is 2. The maximum atomic E-state index is 5.94. The highest BCUT2D eigenvalue weighted by molar-refractivity contribution is 5.65. The minimum atomic E-state index is 0.685. The van der Waals surface area contributed by atoms with E-state index >= 15 is 0 Å². The molecule has 0 aromatic carbocycles. The van der Waals surface area contributed by atoms with E-state index in [1.54, 1.807) is 12.4 Å². The van der Waals surface area contributed by atoms with Crippen LogP contribution in [0.4, 0.5) is 11.4 Å². The summed E-state index contributed by atoms with van der Waals surface area (Å²) in [5.41, 5.74) is 7.62. The lowest BCUT2D eigenvalue weighted by Gasteiger charge is -2.25. The van der Waals surface area contributed by atoms with Gasteiger partial charge in [-0.15, -0.1) is 0 Å². The molecule has 1 aromatic rings. The van der Waals surface area contributed by atoms with Crippen LogP contribution in [0.2, 0.25) is 0 Å². The van der Waals surface area contributed by atoms with Crippen molar-refractivity contribution in [2.75, 3.05) is 50.2 Å². The van der Waals surface area contributed by atoms with E-state index in [4.69, 9.17) is 15.2 Å². The van der Waals surface area contributed by atoms with Crippen LogP contribution in [-0.2, 0) is 9.47 Å². The predicted molar refractivity (Wildman–Crippen MR) is 73.8 cm³/mol. The molecule has 18 heavy (non-hydrogen) atoms. The molecule has 0 bridgehead atoms. The first-order valence-electron chi connectivity index (χ1n) is 6.39. The van der Waals surface area contributed by atoms with E-state index in [0.29, 0.717) is 18.9 Å². The van der Waals surface area contributed by atoms with Gasteiger partial charge < -0.3 is 20.1 Å². The Bertz CT molecular complexity index is 324. The van der Waals surface area contributed by atoms with Gasteiger partial charge in [0.15, 0.2) is 0 Å². The number of nitrogens with two attached hydrogens (primary N) is 1. The number of nitrogen functional groups attached to an aromatic ring is 1. The van der Waals surface area contributed by atoms with E-state index in [1.165, 1.54) is 0 Å². The molecule has 0 unspecified atom stereocenters. The number of pyridine rings is 1. The van der Waals surface area contributed by atoms with E-state index in [9.17, 15) is 0 Å².